The van der Waals surface area contributed by atoms with Crippen LogP contribution in [0.25, 0.3) is 6.08 Å². The molecule has 0 radical (unpaired) electrons. The Morgan fingerprint density at radius 1 is 1.38 bits per heavy atom. The summed E-state index contributed by atoms with van der Waals surface area (Å²) in [5, 5.41) is 3.27. The average molecular weight is 375 g/mol. The Morgan fingerprint density at radius 2 is 2.23 bits per heavy atom. The topological polar surface area (TPSA) is 69.7 Å². The number of pyridine rings is 1. The lowest BCUT2D eigenvalue weighted by Crippen LogP contribution is -2.21. The van der Waals surface area contributed by atoms with Gasteiger partial charge in [0.05, 0.1) is 11.6 Å². The molecule has 6 nitrogen and oxygen atoms in total. The fraction of sp³-hybridized carbons (Fsp3) is 0.263. The zero-order valence-electron chi connectivity index (χ0n) is 14.3. The summed E-state index contributed by atoms with van der Waals surface area (Å²) in [6.07, 6.45) is 4.77. The van der Waals surface area contributed by atoms with Crippen molar-refractivity contribution in [1.29, 1.82) is 0 Å². The van der Waals surface area contributed by atoms with Crippen LogP contribution < -0.4 is 19.5 Å². The Labute approximate surface area is 156 Å². The van der Waals surface area contributed by atoms with Gasteiger partial charge in [-0.15, -0.1) is 0 Å². The zero-order valence-corrected chi connectivity index (χ0v) is 15.1. The van der Waals surface area contributed by atoms with Crippen molar-refractivity contribution in [1.82, 2.24) is 10.3 Å². The smallest absolute Gasteiger partial charge is 0.244 e. The number of rotatable bonds is 6. The van der Waals surface area contributed by atoms with E-state index in [-0.39, 0.29) is 5.91 Å². The molecule has 26 heavy (non-hydrogen) atoms. The standard InChI is InChI=1S/C19H19ClN2O4/c1-2-24-19-14(4-3-7-21-19)12-22-17(23)6-5-13-10-15(20)18-16(11-13)25-8-9-26-18/h3-7,10-11H,2,8-9,12H2,1H3,(H,22,23)/b6-5+. The number of carbonyl (C=O) groups is 1. The molecule has 2 heterocycles. The van der Waals surface area contributed by atoms with E-state index in [2.05, 4.69) is 10.3 Å². The molecular formula is C19H19ClN2O4. The molecule has 2 aromatic rings. The minimum Gasteiger partial charge on any atom is -0.486 e. The third-order valence-corrected chi connectivity index (χ3v) is 3.91. The van der Waals surface area contributed by atoms with Crippen molar-refractivity contribution in [2.75, 3.05) is 19.8 Å². The highest BCUT2D eigenvalue weighted by Gasteiger charge is 2.16. The number of benzene rings is 1. The number of carbonyl (C=O) groups excluding carboxylic acids is 1. The maximum absolute atomic E-state index is 12.1. The zero-order chi connectivity index (χ0) is 18.4. The third-order valence-electron chi connectivity index (χ3n) is 3.63. The van der Waals surface area contributed by atoms with E-state index in [1.165, 1.54) is 6.08 Å². The summed E-state index contributed by atoms with van der Waals surface area (Å²) < 4.78 is 16.4. The van der Waals surface area contributed by atoms with E-state index in [1.54, 1.807) is 30.5 Å². The minimum atomic E-state index is -0.234. The summed E-state index contributed by atoms with van der Waals surface area (Å²) in [6, 6.07) is 7.19. The molecule has 136 valence electrons. The predicted octanol–water partition coefficient (Wildman–Crippen LogP) is 3.23. The van der Waals surface area contributed by atoms with Crippen molar-refractivity contribution in [2.45, 2.75) is 13.5 Å². The molecule has 0 saturated heterocycles. The van der Waals surface area contributed by atoms with Crippen molar-refractivity contribution in [3.8, 4) is 17.4 Å². The average Bonchev–Trinajstić information content (AvgIpc) is 2.66. The molecule has 1 aromatic heterocycles. The number of nitrogens with one attached hydrogen (secondary N) is 1. The second-order valence-electron chi connectivity index (χ2n) is 5.48. The van der Waals surface area contributed by atoms with E-state index in [9.17, 15) is 4.79 Å². The van der Waals surface area contributed by atoms with Crippen LogP contribution in [0.15, 0.2) is 36.5 Å². The van der Waals surface area contributed by atoms with Crippen LogP contribution in [0.5, 0.6) is 17.4 Å². The van der Waals surface area contributed by atoms with Crippen LogP contribution in [0.2, 0.25) is 5.02 Å². The van der Waals surface area contributed by atoms with Gasteiger partial charge in [-0.25, -0.2) is 4.98 Å². The number of hydrogen-bond donors (Lipinski definition) is 1. The highest BCUT2D eigenvalue weighted by atomic mass is 35.5. The van der Waals surface area contributed by atoms with Gasteiger partial charge in [-0.3, -0.25) is 4.79 Å². The predicted molar refractivity (Wildman–Crippen MR) is 98.7 cm³/mol. The first-order chi connectivity index (χ1) is 12.7. The number of ether oxygens (including phenoxy) is 3. The summed E-state index contributed by atoms with van der Waals surface area (Å²) in [7, 11) is 0. The lowest BCUT2D eigenvalue weighted by atomic mass is 10.1. The van der Waals surface area contributed by atoms with E-state index in [0.717, 1.165) is 11.1 Å². The molecule has 0 saturated carbocycles. The first kappa shape index (κ1) is 18.1. The van der Waals surface area contributed by atoms with E-state index >= 15 is 0 Å². The van der Waals surface area contributed by atoms with Crippen LogP contribution in [0.3, 0.4) is 0 Å². The Balaban J connectivity index is 1.62. The number of hydrogen-bond acceptors (Lipinski definition) is 5. The van der Waals surface area contributed by atoms with Gasteiger partial charge in [0.2, 0.25) is 11.8 Å². The van der Waals surface area contributed by atoms with Gasteiger partial charge in [0.1, 0.15) is 13.2 Å². The number of fused-ring (bicyclic) bond motifs is 1. The largest absolute Gasteiger partial charge is 0.486 e. The molecule has 3 rings (SSSR count). The van der Waals surface area contributed by atoms with Gasteiger partial charge in [0.25, 0.3) is 0 Å². The first-order valence-corrected chi connectivity index (χ1v) is 8.67. The lowest BCUT2D eigenvalue weighted by molar-refractivity contribution is -0.116. The summed E-state index contributed by atoms with van der Waals surface area (Å²) in [4.78, 5) is 16.2. The second kappa shape index (κ2) is 8.58. The van der Waals surface area contributed by atoms with Gasteiger partial charge in [-0.05, 0) is 36.8 Å². The summed E-state index contributed by atoms with van der Waals surface area (Å²) in [6.45, 7) is 3.68. The first-order valence-electron chi connectivity index (χ1n) is 8.29. The normalized spacial score (nSPS) is 12.8. The molecule has 0 bridgehead atoms. The molecule has 0 aliphatic carbocycles. The van der Waals surface area contributed by atoms with Crippen molar-refractivity contribution in [2.24, 2.45) is 0 Å². The summed E-state index contributed by atoms with van der Waals surface area (Å²) >= 11 is 6.19. The highest BCUT2D eigenvalue weighted by molar-refractivity contribution is 6.32. The van der Waals surface area contributed by atoms with Gasteiger partial charge in [0.15, 0.2) is 11.5 Å². The fourth-order valence-electron chi connectivity index (χ4n) is 2.47. The van der Waals surface area contributed by atoms with Gasteiger partial charge in [-0.2, -0.15) is 0 Å². The lowest BCUT2D eigenvalue weighted by Gasteiger charge is -2.19. The summed E-state index contributed by atoms with van der Waals surface area (Å²) in [5.74, 6) is 1.42. The van der Waals surface area contributed by atoms with Crippen molar-refractivity contribution < 1.29 is 19.0 Å². The third kappa shape index (κ3) is 4.46. The van der Waals surface area contributed by atoms with Gasteiger partial charge >= 0.3 is 0 Å². The molecule has 0 fully saturated rings. The van der Waals surface area contributed by atoms with Gasteiger partial charge in [-0.1, -0.05) is 17.7 Å². The maximum atomic E-state index is 12.1. The molecule has 1 amide bonds. The number of amides is 1. The number of nitrogens with zero attached hydrogens (tertiary/aromatic N) is 1. The van der Waals surface area contributed by atoms with Crippen LogP contribution in [0.1, 0.15) is 18.1 Å². The molecule has 7 heteroatoms. The van der Waals surface area contributed by atoms with Crippen molar-refractivity contribution in [3.05, 3.63) is 52.7 Å². The Bertz CT molecular complexity index is 823. The Hall–Kier alpha value is -2.73. The monoisotopic (exact) mass is 374 g/mol. The van der Waals surface area contributed by atoms with Crippen LogP contribution in [-0.4, -0.2) is 30.7 Å². The van der Waals surface area contributed by atoms with E-state index in [1.807, 2.05) is 13.0 Å². The number of halogens is 1. The van der Waals surface area contributed by atoms with Gasteiger partial charge in [0, 0.05) is 24.4 Å². The van der Waals surface area contributed by atoms with E-state index in [4.69, 9.17) is 25.8 Å². The molecule has 1 aliphatic heterocycles. The highest BCUT2D eigenvalue weighted by Crippen LogP contribution is 2.38. The summed E-state index contributed by atoms with van der Waals surface area (Å²) in [5.41, 5.74) is 1.57. The fourth-order valence-corrected chi connectivity index (χ4v) is 2.74. The quantitative estimate of drug-likeness (QED) is 0.786. The molecular weight excluding hydrogens is 356 g/mol. The molecule has 0 spiro atoms. The number of aromatic nitrogens is 1. The van der Waals surface area contributed by atoms with Crippen LogP contribution in [-0.2, 0) is 11.3 Å². The molecule has 0 unspecified atom stereocenters. The van der Waals surface area contributed by atoms with E-state index < -0.39 is 0 Å². The second-order valence-corrected chi connectivity index (χ2v) is 5.89. The SMILES string of the molecule is CCOc1ncccc1CNC(=O)/C=C/c1cc(Cl)c2c(c1)OCCO2. The van der Waals surface area contributed by atoms with Crippen molar-refractivity contribution in [3.63, 3.8) is 0 Å². The Kier molecular flexibility index (Phi) is 5.96. The molecule has 1 aliphatic rings. The van der Waals surface area contributed by atoms with Crippen LogP contribution >= 0.6 is 11.6 Å². The maximum Gasteiger partial charge on any atom is 0.244 e. The van der Waals surface area contributed by atoms with Crippen LogP contribution in [0.4, 0.5) is 0 Å². The van der Waals surface area contributed by atoms with Crippen molar-refractivity contribution >= 4 is 23.6 Å². The molecule has 0 atom stereocenters. The minimum absolute atomic E-state index is 0.234. The Morgan fingerprint density at radius 3 is 3.08 bits per heavy atom. The van der Waals surface area contributed by atoms with Crippen LogP contribution in [0, 0.1) is 0 Å². The molecule has 1 aromatic carbocycles. The molecule has 1 N–H and O–H groups in total. The van der Waals surface area contributed by atoms with E-state index in [0.29, 0.717) is 48.8 Å². The van der Waals surface area contributed by atoms with Gasteiger partial charge < -0.3 is 19.5 Å².